The number of benzene rings is 1. The summed E-state index contributed by atoms with van der Waals surface area (Å²) in [5, 5.41) is 12.2. The first-order chi connectivity index (χ1) is 10.8. The molecule has 3 rings (SSSR count). The van der Waals surface area contributed by atoms with Crippen LogP contribution in [0.1, 0.15) is 25.0 Å². The van der Waals surface area contributed by atoms with E-state index in [0.717, 1.165) is 50.5 Å². The largest absolute Gasteiger partial charge is 0.367 e. The molecule has 0 aliphatic heterocycles. The molecule has 0 amide bonds. The maximum Gasteiger partial charge on any atom is 0.149 e. The lowest BCUT2D eigenvalue weighted by Crippen LogP contribution is -2.28. The summed E-state index contributed by atoms with van der Waals surface area (Å²) in [6, 6.07) is 10.7. The molecule has 1 heterocycles. The summed E-state index contributed by atoms with van der Waals surface area (Å²) < 4.78 is 0. The summed E-state index contributed by atoms with van der Waals surface area (Å²) in [6.45, 7) is 8.51. The van der Waals surface area contributed by atoms with E-state index in [0.29, 0.717) is 0 Å². The predicted octanol–water partition coefficient (Wildman–Crippen LogP) is 3.00. The van der Waals surface area contributed by atoms with E-state index >= 15 is 0 Å². The number of hydrogen-bond acceptors (Lipinski definition) is 4. The Balaban J connectivity index is 1.70. The highest BCUT2D eigenvalue weighted by Crippen LogP contribution is 2.31. The van der Waals surface area contributed by atoms with Crippen molar-refractivity contribution in [2.45, 2.75) is 26.7 Å². The van der Waals surface area contributed by atoms with E-state index in [1.54, 1.807) is 0 Å². The zero-order valence-corrected chi connectivity index (χ0v) is 13.5. The molecular weight excluding hydrogens is 272 g/mol. The van der Waals surface area contributed by atoms with E-state index in [1.807, 2.05) is 0 Å². The molecule has 0 spiro atoms. The second kappa shape index (κ2) is 6.88. The van der Waals surface area contributed by atoms with Crippen molar-refractivity contribution in [3.63, 3.8) is 0 Å². The molecule has 1 aromatic carbocycles. The van der Waals surface area contributed by atoms with E-state index in [2.05, 4.69) is 64.6 Å². The van der Waals surface area contributed by atoms with Crippen molar-refractivity contribution < 1.29 is 0 Å². The van der Waals surface area contributed by atoms with Crippen LogP contribution in [0.2, 0.25) is 0 Å². The second-order valence-corrected chi connectivity index (χ2v) is 5.71. The first-order valence-corrected chi connectivity index (χ1v) is 8.23. The smallest absolute Gasteiger partial charge is 0.149 e. The highest BCUT2D eigenvalue weighted by atomic mass is 15.2. The van der Waals surface area contributed by atoms with Crippen LogP contribution in [0.25, 0.3) is 11.3 Å². The number of aryl methyl sites for hydroxylation is 2. The number of likely N-dealkylation sites (N-methyl/N-ethyl adjacent to an activating group) is 1. The maximum atomic E-state index is 4.47. The van der Waals surface area contributed by atoms with E-state index in [-0.39, 0.29) is 0 Å². The van der Waals surface area contributed by atoms with Crippen molar-refractivity contribution >= 4 is 5.82 Å². The standard InChI is InChI=1S/C18H24N4/c1-3-22(4-2)12-11-19-17-13-15-10-9-14-7-5-6-8-16(14)18(15)21-20-17/h5-8,13H,3-4,9-12H2,1-2H3,(H,19,20). The van der Waals surface area contributed by atoms with Crippen LogP contribution in [-0.2, 0) is 12.8 Å². The van der Waals surface area contributed by atoms with Gasteiger partial charge in [0.25, 0.3) is 0 Å². The molecule has 0 radical (unpaired) electrons. The van der Waals surface area contributed by atoms with Crippen molar-refractivity contribution in [2.24, 2.45) is 0 Å². The van der Waals surface area contributed by atoms with Gasteiger partial charge in [0.05, 0.1) is 5.69 Å². The number of fused-ring (bicyclic) bond motifs is 3. The van der Waals surface area contributed by atoms with Crippen molar-refractivity contribution in [3.05, 3.63) is 41.5 Å². The molecule has 0 fully saturated rings. The lowest BCUT2D eigenvalue weighted by Gasteiger charge is -2.20. The van der Waals surface area contributed by atoms with Gasteiger partial charge < -0.3 is 10.2 Å². The van der Waals surface area contributed by atoms with Gasteiger partial charge in [-0.1, -0.05) is 38.1 Å². The molecule has 1 aliphatic rings. The van der Waals surface area contributed by atoms with Gasteiger partial charge in [0.15, 0.2) is 0 Å². The molecule has 0 saturated carbocycles. The minimum atomic E-state index is 0.894. The molecule has 2 aromatic rings. The highest BCUT2D eigenvalue weighted by Gasteiger charge is 2.17. The van der Waals surface area contributed by atoms with Crippen LogP contribution in [0.3, 0.4) is 0 Å². The fourth-order valence-electron chi connectivity index (χ4n) is 3.05. The lowest BCUT2D eigenvalue weighted by molar-refractivity contribution is 0.316. The van der Waals surface area contributed by atoms with Crippen LogP contribution < -0.4 is 5.32 Å². The van der Waals surface area contributed by atoms with Crippen LogP contribution in [0.15, 0.2) is 30.3 Å². The van der Waals surface area contributed by atoms with Crippen molar-refractivity contribution in [2.75, 3.05) is 31.5 Å². The van der Waals surface area contributed by atoms with Crippen molar-refractivity contribution in [1.82, 2.24) is 15.1 Å². The zero-order valence-electron chi connectivity index (χ0n) is 13.5. The topological polar surface area (TPSA) is 41.0 Å². The monoisotopic (exact) mass is 296 g/mol. The van der Waals surface area contributed by atoms with Crippen molar-refractivity contribution in [1.29, 1.82) is 0 Å². The minimum Gasteiger partial charge on any atom is -0.367 e. The molecule has 1 N–H and O–H groups in total. The average Bonchev–Trinajstić information content (AvgIpc) is 2.58. The van der Waals surface area contributed by atoms with Gasteiger partial charge in [0.1, 0.15) is 5.82 Å². The lowest BCUT2D eigenvalue weighted by atomic mass is 9.89. The summed E-state index contributed by atoms with van der Waals surface area (Å²) in [7, 11) is 0. The van der Waals surface area contributed by atoms with Gasteiger partial charge in [-0.15, -0.1) is 10.2 Å². The summed E-state index contributed by atoms with van der Waals surface area (Å²) >= 11 is 0. The van der Waals surface area contributed by atoms with E-state index in [9.17, 15) is 0 Å². The van der Waals surface area contributed by atoms with Crippen molar-refractivity contribution in [3.8, 4) is 11.3 Å². The molecular formula is C18H24N4. The van der Waals surface area contributed by atoms with Gasteiger partial charge in [-0.25, -0.2) is 0 Å². The quantitative estimate of drug-likeness (QED) is 0.889. The fraction of sp³-hybridized carbons (Fsp3) is 0.444. The molecule has 0 saturated heterocycles. The molecule has 1 aromatic heterocycles. The number of rotatable bonds is 6. The van der Waals surface area contributed by atoms with Crippen LogP contribution in [0, 0.1) is 0 Å². The van der Waals surface area contributed by atoms with Gasteiger partial charge in [-0.2, -0.15) is 0 Å². The van der Waals surface area contributed by atoms with Gasteiger partial charge in [0.2, 0.25) is 0 Å². The molecule has 0 unspecified atom stereocenters. The number of anilines is 1. The highest BCUT2D eigenvalue weighted by molar-refractivity contribution is 5.70. The third kappa shape index (κ3) is 3.12. The van der Waals surface area contributed by atoms with Gasteiger partial charge in [-0.3, -0.25) is 0 Å². The molecule has 0 bridgehead atoms. The second-order valence-electron chi connectivity index (χ2n) is 5.71. The zero-order chi connectivity index (χ0) is 15.4. The number of nitrogens with one attached hydrogen (secondary N) is 1. The fourth-order valence-corrected chi connectivity index (χ4v) is 3.05. The third-order valence-electron chi connectivity index (χ3n) is 4.44. The molecule has 1 aliphatic carbocycles. The number of nitrogens with zero attached hydrogens (tertiary/aromatic N) is 3. The van der Waals surface area contributed by atoms with E-state index in [1.165, 1.54) is 16.7 Å². The molecule has 0 atom stereocenters. The SMILES string of the molecule is CCN(CC)CCNc1cc2c(nn1)-c1ccccc1CC2. The van der Waals surface area contributed by atoms with E-state index in [4.69, 9.17) is 0 Å². The van der Waals surface area contributed by atoms with Crippen LogP contribution in [0.5, 0.6) is 0 Å². The first-order valence-electron chi connectivity index (χ1n) is 8.23. The first kappa shape index (κ1) is 15.0. The van der Waals surface area contributed by atoms with Gasteiger partial charge >= 0.3 is 0 Å². The van der Waals surface area contributed by atoms with E-state index < -0.39 is 0 Å². The molecule has 4 heteroatoms. The minimum absolute atomic E-state index is 0.894. The maximum absolute atomic E-state index is 4.47. The summed E-state index contributed by atoms with van der Waals surface area (Å²) in [5.74, 6) is 0.894. The van der Waals surface area contributed by atoms with Crippen LogP contribution >= 0.6 is 0 Å². The number of hydrogen-bond donors (Lipinski definition) is 1. The molecule has 116 valence electrons. The Morgan fingerprint density at radius 1 is 1.05 bits per heavy atom. The Hall–Kier alpha value is -1.94. The Morgan fingerprint density at radius 2 is 1.82 bits per heavy atom. The van der Waals surface area contributed by atoms with Crippen LogP contribution in [-0.4, -0.2) is 41.3 Å². The predicted molar refractivity (Wildman–Crippen MR) is 91.2 cm³/mol. The van der Waals surface area contributed by atoms with Crippen LogP contribution in [0.4, 0.5) is 5.82 Å². The third-order valence-corrected chi connectivity index (χ3v) is 4.44. The Morgan fingerprint density at radius 3 is 2.64 bits per heavy atom. The van der Waals surface area contributed by atoms with Gasteiger partial charge in [-0.05, 0) is 43.1 Å². The Kier molecular flexibility index (Phi) is 4.68. The number of aromatic nitrogens is 2. The normalized spacial score (nSPS) is 12.9. The summed E-state index contributed by atoms with van der Waals surface area (Å²) in [4.78, 5) is 2.40. The molecule has 22 heavy (non-hydrogen) atoms. The summed E-state index contributed by atoms with van der Waals surface area (Å²) in [6.07, 6.45) is 2.14. The molecule has 4 nitrogen and oxygen atoms in total. The summed E-state index contributed by atoms with van der Waals surface area (Å²) in [5.41, 5.74) is 4.98. The Bertz CT molecular complexity index is 635. The Labute approximate surface area is 132 Å². The average molecular weight is 296 g/mol. The van der Waals surface area contributed by atoms with Gasteiger partial charge in [0, 0.05) is 18.7 Å².